The predicted molar refractivity (Wildman–Crippen MR) is 350 cm³/mol. The van der Waals surface area contributed by atoms with Gasteiger partial charge in [-0.25, -0.2) is 4.79 Å². The lowest BCUT2D eigenvalue weighted by atomic mass is 9.78. The highest BCUT2D eigenvalue weighted by Gasteiger charge is 2.58. The second-order valence-electron chi connectivity index (χ2n) is 31.5. The molecular weight excluding hydrogens is 1120 g/mol. The number of hydrogen-bond donors (Lipinski definition) is 0. The monoisotopic (exact) mass is 1230 g/mol. The van der Waals surface area contributed by atoms with Crippen molar-refractivity contribution in [3.8, 4) is 0 Å². The summed E-state index contributed by atoms with van der Waals surface area (Å²) in [5, 5.41) is -0.516. The van der Waals surface area contributed by atoms with Crippen LogP contribution in [0.3, 0.4) is 0 Å². The van der Waals surface area contributed by atoms with Gasteiger partial charge in [0.25, 0.3) is 0 Å². The molecule has 1 aromatic rings. The van der Waals surface area contributed by atoms with Crippen molar-refractivity contribution in [3.05, 3.63) is 72.4 Å². The van der Waals surface area contributed by atoms with Crippen LogP contribution < -0.4 is 0 Å². The molecule has 6 heterocycles. The third-order valence-corrected chi connectivity index (χ3v) is 34.9. The molecule has 1 aromatic carbocycles. The van der Waals surface area contributed by atoms with Gasteiger partial charge in [-0.2, -0.15) is 0 Å². The Morgan fingerprint density at radius 1 is 0.659 bits per heavy atom. The molecule has 0 aromatic heterocycles. The van der Waals surface area contributed by atoms with Crippen molar-refractivity contribution in [1.29, 1.82) is 0 Å². The van der Waals surface area contributed by atoms with E-state index in [1.807, 2.05) is 24.3 Å². The molecule has 6 aliphatic heterocycles. The number of ketones is 1. The first-order chi connectivity index (χ1) is 39.3. The summed E-state index contributed by atoms with van der Waals surface area (Å²) < 4.78 is 64.9. The average molecular weight is 1240 g/mol. The van der Waals surface area contributed by atoms with Crippen LogP contribution in [-0.4, -0.2) is 122 Å². The molecule has 482 valence electrons. The number of rotatable bonds is 12. The topological polar surface area (TPSA) is 134 Å². The van der Waals surface area contributed by atoms with Crippen LogP contribution in [0.2, 0.25) is 54.4 Å². The smallest absolute Gasteiger partial charge is 0.338 e. The molecule has 15 heteroatoms. The minimum atomic E-state index is -2.63. The number of ether oxygens (including phenoxy) is 6. The Morgan fingerprint density at radius 2 is 1.24 bits per heavy atom. The summed E-state index contributed by atoms with van der Waals surface area (Å²) >= 11 is 0. The highest BCUT2D eigenvalue weighted by Crippen LogP contribution is 2.49. The van der Waals surface area contributed by atoms with E-state index in [4.69, 9.17) is 41.7 Å². The van der Waals surface area contributed by atoms with Crippen molar-refractivity contribution in [2.45, 2.75) is 321 Å². The van der Waals surface area contributed by atoms with Crippen LogP contribution in [0, 0.1) is 29.6 Å². The predicted octanol–water partition coefficient (Wildman–Crippen LogP) is 16.9. The van der Waals surface area contributed by atoms with Gasteiger partial charge in [0, 0.05) is 26.2 Å². The summed E-state index contributed by atoms with van der Waals surface area (Å²) in [4.78, 5) is 42.1. The number of fused-ring (bicyclic) bond motifs is 15. The molecule has 85 heavy (non-hydrogen) atoms. The van der Waals surface area contributed by atoms with Gasteiger partial charge in [0.15, 0.2) is 25.0 Å². The van der Waals surface area contributed by atoms with E-state index < -0.39 is 79.8 Å². The van der Waals surface area contributed by atoms with E-state index in [2.05, 4.69) is 155 Å². The lowest BCUT2D eigenvalue weighted by molar-refractivity contribution is -0.266. The molecule has 18 atom stereocenters. The lowest BCUT2D eigenvalue weighted by Gasteiger charge is -2.56. The first-order valence-electron chi connectivity index (χ1n) is 33.0. The summed E-state index contributed by atoms with van der Waals surface area (Å²) in [5.41, 5.74) is 2.45. The van der Waals surface area contributed by atoms with Gasteiger partial charge < -0.3 is 41.7 Å². The zero-order chi connectivity index (χ0) is 63.4. The van der Waals surface area contributed by atoms with Gasteiger partial charge in [-0.05, 0) is 171 Å². The van der Waals surface area contributed by atoms with Crippen LogP contribution in [0.25, 0.3) is 0 Å². The van der Waals surface area contributed by atoms with Gasteiger partial charge in [0.1, 0.15) is 42.4 Å². The van der Waals surface area contributed by atoms with Gasteiger partial charge >= 0.3 is 11.9 Å². The first-order valence-corrected chi connectivity index (χ1v) is 41.7. The summed E-state index contributed by atoms with van der Waals surface area (Å²) in [6, 6.07) is 9.20. The van der Waals surface area contributed by atoms with Crippen LogP contribution in [0.5, 0.6) is 0 Å². The van der Waals surface area contributed by atoms with E-state index in [1.165, 1.54) is 6.92 Å². The van der Waals surface area contributed by atoms with Crippen LogP contribution >= 0.6 is 0 Å². The van der Waals surface area contributed by atoms with Gasteiger partial charge in [-0.1, -0.05) is 141 Å². The number of benzene rings is 1. The molecule has 6 bridgehead atoms. The van der Waals surface area contributed by atoms with Crippen LogP contribution in [0.1, 0.15) is 198 Å². The minimum Gasteiger partial charge on any atom is -0.458 e. The fraction of sp³-hybridized carbons (Fsp3) is 0.786. The molecule has 0 amide bonds. The van der Waals surface area contributed by atoms with E-state index >= 15 is 0 Å². The maximum Gasteiger partial charge on any atom is 0.338 e. The highest BCUT2D eigenvalue weighted by atomic mass is 28.4. The molecule has 0 spiro atoms. The Kier molecular flexibility index (Phi) is 24.5. The van der Waals surface area contributed by atoms with E-state index in [9.17, 15) is 14.4 Å². The number of esters is 2. The second-order valence-corrected chi connectivity index (χ2v) is 45.8. The third-order valence-electron chi connectivity index (χ3n) is 21.5. The summed E-state index contributed by atoms with van der Waals surface area (Å²) in [6.45, 7) is 55.9. The molecule has 0 aliphatic carbocycles. The molecule has 0 saturated carbocycles. The number of carbonyl (C=O) groups excluding carboxylic acids is 3. The first kappa shape index (κ1) is 71.5. The van der Waals surface area contributed by atoms with Crippen LogP contribution in [-0.2, 0) is 51.3 Å². The Morgan fingerprint density at radius 3 is 1.82 bits per heavy atom. The number of Topliss-reactive ketones (excluding diaryl/α,β-unsaturated/α-hetero) is 1. The van der Waals surface area contributed by atoms with Crippen molar-refractivity contribution >= 4 is 42.7 Å². The normalized spacial score (nSPS) is 34.7. The van der Waals surface area contributed by atoms with Crippen LogP contribution in [0.15, 0.2) is 66.8 Å². The van der Waals surface area contributed by atoms with Crippen LogP contribution in [0.4, 0.5) is 0 Å². The van der Waals surface area contributed by atoms with Crippen molar-refractivity contribution in [3.63, 3.8) is 0 Å². The minimum absolute atomic E-state index is 0.0298. The molecule has 6 aliphatic rings. The SMILES string of the molecule is C=C1C[C@@H]2CCC(OC(=O)c3ccccc3)/C=C/[C@H](O[Si](C)(C)C(C)(C)C)[C@@H]3O[C@H]4CC[C@H](CC(=O)CC5[C@H](C[C@@H](OC(C)=O)C(=C)[C@H](C)C[C@H](C)CC[C@@H]1O2)O[C@H](C[C@H](C)CC)[C@@H]5C)O[C@@H]4[C@H](O[Si](C)(C)C(C)(C)C)[C@@H]3O[Si](C)(C)C(C)(C)C. The highest BCUT2D eigenvalue weighted by molar-refractivity contribution is 6.75. The number of hydrogen-bond acceptors (Lipinski definition) is 12. The van der Waals surface area contributed by atoms with Gasteiger partial charge in [-0.15, -0.1) is 0 Å². The Balaban J connectivity index is 1.49. The van der Waals surface area contributed by atoms with Crippen molar-refractivity contribution in [1.82, 2.24) is 0 Å². The van der Waals surface area contributed by atoms with Gasteiger partial charge in [0.05, 0.1) is 48.3 Å². The fourth-order valence-electron chi connectivity index (χ4n) is 12.6. The zero-order valence-corrected chi connectivity index (χ0v) is 59.9. The maximum atomic E-state index is 15.0. The standard InChI is InChI=1S/C70H118O12Si3/c1-24-44(2)39-60-49(7)56-42-52(72)41-55-34-36-58-63(76-55)65(81-84(20,21)69(12,13)14)66(82-85(22,23)70(15,16)17)64(79-58)59(80-83(18,19)68(9,10)11)37-33-53(77-67(73)51-28-26-25-27-29-51)31-32-54-40-47(5)57(75-54)35-30-45(3)38-46(4)48(6)61(74-50(8)71)43-62(56)78-60/h25-29,33,37,44-46,49,53-66H,5-6,24,30-32,34-36,38-43H2,1-4,7-23H3/b37-33+/t44-,45-,46-,49-,53?,54+,55-,56?,57+,58+,59+,60-,61-,62+,63+,64+,65+,66-/m1/s1. The third kappa shape index (κ3) is 18.8. The Bertz CT molecular complexity index is 2420. The van der Waals surface area contributed by atoms with Gasteiger partial charge in [-0.3, -0.25) is 9.59 Å². The van der Waals surface area contributed by atoms with E-state index in [1.54, 1.807) is 12.1 Å². The quantitative estimate of drug-likeness (QED) is 0.112. The largest absolute Gasteiger partial charge is 0.458 e. The summed E-state index contributed by atoms with van der Waals surface area (Å²) in [7, 11) is -7.82. The average Bonchev–Trinajstić information content (AvgIpc) is 2.78. The molecular formula is C70H118O12Si3. The van der Waals surface area contributed by atoms with Crippen molar-refractivity contribution < 1.29 is 56.1 Å². The molecule has 12 nitrogen and oxygen atoms in total. The molecule has 7 rings (SSSR count). The Hall–Kier alpha value is -2.58. The zero-order valence-electron chi connectivity index (χ0n) is 56.9. The summed E-state index contributed by atoms with van der Waals surface area (Å²) in [5.74, 6) is 0.237. The van der Waals surface area contributed by atoms with Gasteiger partial charge in [0.2, 0.25) is 0 Å². The molecule has 2 unspecified atom stereocenters. The molecule has 4 fully saturated rings. The van der Waals surface area contributed by atoms with E-state index in [0.717, 1.165) is 49.7 Å². The molecule has 4 saturated heterocycles. The Labute approximate surface area is 519 Å². The molecule has 0 N–H and O–H groups in total. The fourth-order valence-corrected chi connectivity index (χ4v) is 16.4. The van der Waals surface area contributed by atoms with Crippen molar-refractivity contribution in [2.75, 3.05) is 0 Å². The molecule has 0 radical (unpaired) electrons. The lowest BCUT2D eigenvalue weighted by Crippen LogP contribution is -2.69. The second kappa shape index (κ2) is 29.1. The van der Waals surface area contributed by atoms with Crippen molar-refractivity contribution in [2.24, 2.45) is 29.6 Å². The van der Waals surface area contributed by atoms with E-state index in [-0.39, 0.29) is 81.6 Å². The summed E-state index contributed by atoms with van der Waals surface area (Å²) in [6.07, 6.45) is 7.38. The number of carbonyl (C=O) groups is 3. The maximum absolute atomic E-state index is 15.0. The van der Waals surface area contributed by atoms with E-state index in [0.29, 0.717) is 55.9 Å².